The zero-order valence-electron chi connectivity index (χ0n) is 14.0. The lowest BCUT2D eigenvalue weighted by molar-refractivity contribution is -0.0291. The first-order valence-corrected chi connectivity index (χ1v) is 9.85. The van der Waals surface area contributed by atoms with E-state index in [9.17, 15) is 5.26 Å². The van der Waals surface area contributed by atoms with E-state index in [-0.39, 0.29) is 11.6 Å². The average Bonchev–Trinajstić information content (AvgIpc) is 3.09. The Kier molecular flexibility index (Phi) is 3.77. The molecule has 0 radical (unpaired) electrons. The van der Waals surface area contributed by atoms with Gasteiger partial charge in [0.2, 0.25) is 4.99 Å². The maximum absolute atomic E-state index is 9.70. The predicted molar refractivity (Wildman–Crippen MR) is 92.6 cm³/mol. The van der Waals surface area contributed by atoms with E-state index in [1.165, 1.54) is 25.7 Å². The number of aliphatic imine (C=N–C) groups is 1. The molecular formula is C17H25N5S. The fourth-order valence-corrected chi connectivity index (χ4v) is 6.63. The van der Waals surface area contributed by atoms with Crippen molar-refractivity contribution in [3.8, 4) is 6.07 Å². The smallest absolute Gasteiger partial charge is 0.222 e. The van der Waals surface area contributed by atoms with Crippen LogP contribution in [0.2, 0.25) is 0 Å². The topological polar surface area (TPSA) is 64.1 Å². The van der Waals surface area contributed by atoms with Gasteiger partial charge in [-0.1, -0.05) is 26.7 Å². The molecule has 0 aromatic heterocycles. The average molecular weight is 331 g/mol. The molecule has 0 N–H and O–H groups in total. The summed E-state index contributed by atoms with van der Waals surface area (Å²) in [7, 11) is 0. The SMILES string of the molecule is CC(C)S[C@@]12N=N[C@@H](C(C#N)=N1)C1(N3CCCC3)CCCCC12. The van der Waals surface area contributed by atoms with Crippen molar-refractivity contribution in [2.45, 2.75) is 74.2 Å². The Morgan fingerprint density at radius 3 is 2.74 bits per heavy atom. The van der Waals surface area contributed by atoms with Crippen LogP contribution in [0.1, 0.15) is 52.4 Å². The Balaban J connectivity index is 1.86. The Morgan fingerprint density at radius 1 is 1.26 bits per heavy atom. The van der Waals surface area contributed by atoms with E-state index in [4.69, 9.17) is 10.1 Å². The fraction of sp³-hybridized carbons (Fsp3) is 0.882. The van der Waals surface area contributed by atoms with Crippen molar-refractivity contribution in [1.82, 2.24) is 4.90 Å². The number of hydrogen-bond acceptors (Lipinski definition) is 6. The second-order valence-electron chi connectivity index (χ2n) is 7.54. The zero-order valence-corrected chi connectivity index (χ0v) is 14.8. The van der Waals surface area contributed by atoms with Gasteiger partial charge in [-0.05, 0) is 38.8 Å². The molecule has 1 saturated carbocycles. The highest BCUT2D eigenvalue weighted by molar-refractivity contribution is 8.01. The minimum Gasteiger partial charge on any atom is -0.295 e. The molecule has 0 aromatic carbocycles. The van der Waals surface area contributed by atoms with Crippen LogP contribution >= 0.6 is 11.8 Å². The second kappa shape index (κ2) is 5.56. The van der Waals surface area contributed by atoms with Crippen LogP contribution in [0.5, 0.6) is 0 Å². The molecule has 0 spiro atoms. The lowest BCUT2D eigenvalue weighted by Gasteiger charge is -2.60. The zero-order chi connectivity index (χ0) is 16.1. The van der Waals surface area contributed by atoms with E-state index in [0.29, 0.717) is 16.9 Å². The maximum atomic E-state index is 9.70. The van der Waals surface area contributed by atoms with Crippen LogP contribution in [0.15, 0.2) is 15.2 Å². The summed E-state index contributed by atoms with van der Waals surface area (Å²) < 4.78 is 0. The van der Waals surface area contributed by atoms with Gasteiger partial charge < -0.3 is 0 Å². The lowest BCUT2D eigenvalue weighted by atomic mass is 9.63. The molecule has 0 aromatic rings. The van der Waals surface area contributed by atoms with Gasteiger partial charge in [-0.2, -0.15) is 15.5 Å². The number of likely N-dealkylation sites (tertiary alicyclic amines) is 1. The van der Waals surface area contributed by atoms with E-state index in [2.05, 4.69) is 29.9 Å². The number of nitrogens with zero attached hydrogens (tertiary/aromatic N) is 5. The molecule has 0 amide bonds. The molecule has 2 fully saturated rings. The summed E-state index contributed by atoms with van der Waals surface area (Å²) in [5, 5.41) is 19.5. The molecule has 124 valence electrons. The van der Waals surface area contributed by atoms with Crippen molar-refractivity contribution >= 4 is 17.5 Å². The van der Waals surface area contributed by atoms with Crippen LogP contribution in [0, 0.1) is 17.2 Å². The highest BCUT2D eigenvalue weighted by atomic mass is 32.2. The summed E-state index contributed by atoms with van der Waals surface area (Å²) >= 11 is 1.80. The van der Waals surface area contributed by atoms with Gasteiger partial charge in [-0.25, -0.2) is 4.99 Å². The van der Waals surface area contributed by atoms with E-state index < -0.39 is 4.99 Å². The van der Waals surface area contributed by atoms with Crippen LogP contribution in [-0.2, 0) is 0 Å². The summed E-state index contributed by atoms with van der Waals surface area (Å²) in [6.45, 7) is 6.67. The van der Waals surface area contributed by atoms with Gasteiger partial charge >= 0.3 is 0 Å². The number of nitriles is 1. The number of thioether (sulfide) groups is 1. The molecular weight excluding hydrogens is 306 g/mol. The molecule has 4 atom stereocenters. The van der Waals surface area contributed by atoms with Gasteiger partial charge in [-0.15, -0.1) is 11.8 Å². The Bertz CT molecular complexity index is 588. The summed E-state index contributed by atoms with van der Waals surface area (Å²) in [4.78, 5) is 6.97. The van der Waals surface area contributed by atoms with E-state index in [1.807, 2.05) is 0 Å². The van der Waals surface area contributed by atoms with Gasteiger partial charge in [-0.3, -0.25) is 4.90 Å². The Morgan fingerprint density at radius 2 is 2.04 bits per heavy atom. The molecule has 5 rings (SSSR count). The molecule has 4 aliphatic heterocycles. The van der Waals surface area contributed by atoms with Crippen molar-refractivity contribution in [3.05, 3.63) is 0 Å². The number of azo groups is 1. The number of rotatable bonds is 3. The van der Waals surface area contributed by atoms with Crippen LogP contribution in [0.3, 0.4) is 0 Å². The van der Waals surface area contributed by atoms with Crippen molar-refractivity contribution in [2.75, 3.05) is 13.1 Å². The van der Waals surface area contributed by atoms with Gasteiger partial charge in [0, 0.05) is 11.2 Å². The standard InChI is InChI=1S/C17H25N5S/c1-12(2)23-17-14-7-3-4-8-16(14,22-9-5-6-10-22)15(20-21-17)13(11-18)19-17/h12,14-15H,3-10H2,1-2H3/t14?,15-,16?,17+/m0/s1. The van der Waals surface area contributed by atoms with Crippen LogP contribution in [-0.4, -0.2) is 45.5 Å². The highest BCUT2D eigenvalue weighted by Gasteiger charge is 2.66. The quantitative estimate of drug-likeness (QED) is 0.793. The molecule has 1 aliphatic carbocycles. The summed E-state index contributed by atoms with van der Waals surface area (Å²) in [5.74, 6) is 0.397. The predicted octanol–water partition coefficient (Wildman–Crippen LogP) is 3.62. The van der Waals surface area contributed by atoms with Crippen LogP contribution < -0.4 is 0 Å². The third kappa shape index (κ3) is 2.12. The van der Waals surface area contributed by atoms with Crippen molar-refractivity contribution in [3.63, 3.8) is 0 Å². The largest absolute Gasteiger partial charge is 0.295 e. The maximum Gasteiger partial charge on any atom is 0.222 e. The Labute approximate surface area is 142 Å². The second-order valence-corrected chi connectivity index (χ2v) is 9.32. The minimum absolute atomic E-state index is 0.00873. The van der Waals surface area contributed by atoms with Crippen molar-refractivity contribution in [2.24, 2.45) is 21.1 Å². The first-order chi connectivity index (χ1) is 11.1. The van der Waals surface area contributed by atoms with E-state index >= 15 is 0 Å². The monoisotopic (exact) mass is 331 g/mol. The third-order valence-corrected chi connectivity index (χ3v) is 7.20. The van der Waals surface area contributed by atoms with Gasteiger partial charge in [0.1, 0.15) is 17.8 Å². The molecule has 4 heterocycles. The first kappa shape index (κ1) is 15.6. The minimum atomic E-state index is -0.559. The first-order valence-electron chi connectivity index (χ1n) is 8.97. The number of hydrogen-bond donors (Lipinski definition) is 0. The summed E-state index contributed by atoms with van der Waals surface area (Å²) in [6, 6.07) is 2.24. The van der Waals surface area contributed by atoms with Gasteiger partial charge in [0.15, 0.2) is 0 Å². The molecule has 1 saturated heterocycles. The summed E-state index contributed by atoms with van der Waals surface area (Å²) in [6.07, 6.45) is 7.32. The van der Waals surface area contributed by atoms with Crippen LogP contribution in [0.4, 0.5) is 0 Å². The van der Waals surface area contributed by atoms with E-state index in [0.717, 1.165) is 25.9 Å². The van der Waals surface area contributed by atoms with Crippen molar-refractivity contribution in [1.29, 1.82) is 5.26 Å². The lowest BCUT2D eigenvalue weighted by Crippen LogP contribution is -2.71. The molecule has 2 unspecified atom stereocenters. The van der Waals surface area contributed by atoms with E-state index in [1.54, 1.807) is 11.8 Å². The van der Waals surface area contributed by atoms with Crippen LogP contribution in [0.25, 0.3) is 0 Å². The van der Waals surface area contributed by atoms with Gasteiger partial charge in [0.25, 0.3) is 0 Å². The van der Waals surface area contributed by atoms with Gasteiger partial charge in [0.05, 0.1) is 5.54 Å². The Hall–Kier alpha value is -0.930. The molecule has 5 nitrogen and oxygen atoms in total. The molecule has 5 aliphatic rings. The van der Waals surface area contributed by atoms with Crippen molar-refractivity contribution < 1.29 is 0 Å². The third-order valence-electron chi connectivity index (χ3n) is 5.93. The molecule has 23 heavy (non-hydrogen) atoms. The normalized spacial score (nSPS) is 42.6. The summed E-state index contributed by atoms with van der Waals surface area (Å²) in [5.41, 5.74) is 0.615. The molecule has 6 heteroatoms. The molecule has 2 bridgehead atoms. The highest BCUT2D eigenvalue weighted by Crippen LogP contribution is 2.59. The fourth-order valence-electron chi connectivity index (χ4n) is 5.21.